The van der Waals surface area contributed by atoms with Crippen molar-refractivity contribution in [2.45, 2.75) is 0 Å². The summed E-state index contributed by atoms with van der Waals surface area (Å²) in [5.74, 6) is -0.715. The van der Waals surface area contributed by atoms with Crippen LogP contribution in [0.25, 0.3) is 5.69 Å². The maximum absolute atomic E-state index is 13.0. The van der Waals surface area contributed by atoms with E-state index in [1.807, 2.05) is 0 Å². The molecule has 0 fully saturated rings. The summed E-state index contributed by atoms with van der Waals surface area (Å²) in [5, 5.41) is 12.9. The number of hydrogen-bond acceptors (Lipinski definition) is 3. The summed E-state index contributed by atoms with van der Waals surface area (Å²) in [5.41, 5.74) is -0.253. The van der Waals surface area contributed by atoms with E-state index in [0.29, 0.717) is 5.69 Å². The van der Waals surface area contributed by atoms with Crippen molar-refractivity contribution in [3.8, 4) is 11.4 Å². The van der Waals surface area contributed by atoms with Crippen molar-refractivity contribution in [2.75, 3.05) is 0 Å². The number of aromatic nitrogens is 2. The van der Waals surface area contributed by atoms with Crippen LogP contribution in [0.1, 0.15) is 0 Å². The van der Waals surface area contributed by atoms with Crippen molar-refractivity contribution in [1.82, 2.24) is 9.78 Å². The first-order valence-electron chi connectivity index (χ1n) is 4.32. The second kappa shape index (κ2) is 4.05. The molecule has 0 unspecified atom stereocenters. The van der Waals surface area contributed by atoms with E-state index in [9.17, 15) is 14.3 Å². The molecule has 1 aromatic carbocycles. The molecule has 0 saturated heterocycles. The number of hydrogen-bond donors (Lipinski definition) is 1. The van der Waals surface area contributed by atoms with Gasteiger partial charge in [-0.1, -0.05) is 6.07 Å². The van der Waals surface area contributed by atoms with Gasteiger partial charge in [0.05, 0.1) is 11.9 Å². The Morgan fingerprint density at radius 1 is 1.44 bits per heavy atom. The van der Waals surface area contributed by atoms with Crippen LogP contribution in [0.2, 0.25) is 0 Å². The van der Waals surface area contributed by atoms with Crippen LogP contribution in [0.3, 0.4) is 0 Å². The maximum atomic E-state index is 13.0. The van der Waals surface area contributed by atoms with Crippen molar-refractivity contribution < 1.29 is 9.50 Å². The first-order valence-corrected chi connectivity index (χ1v) is 5.11. The predicted molar refractivity (Wildman–Crippen MR) is 59.2 cm³/mol. The normalized spacial score (nSPS) is 10.4. The molecule has 0 amide bonds. The number of aromatic hydroxyl groups is 1. The average molecular weight is 285 g/mol. The fourth-order valence-electron chi connectivity index (χ4n) is 1.22. The Bertz CT molecular complexity index is 598. The molecule has 6 heteroatoms. The van der Waals surface area contributed by atoms with Gasteiger partial charge in [-0.05, 0) is 34.1 Å². The van der Waals surface area contributed by atoms with Crippen LogP contribution in [-0.4, -0.2) is 14.9 Å². The van der Waals surface area contributed by atoms with E-state index in [2.05, 4.69) is 21.0 Å². The molecule has 0 aliphatic rings. The third-order valence-electron chi connectivity index (χ3n) is 1.95. The molecule has 0 radical (unpaired) electrons. The van der Waals surface area contributed by atoms with E-state index in [1.165, 1.54) is 18.2 Å². The SMILES string of the molecule is O=c1c(Br)c(O)cnn1-c1cccc(F)c1. The van der Waals surface area contributed by atoms with Crippen LogP contribution in [0.15, 0.2) is 39.7 Å². The van der Waals surface area contributed by atoms with E-state index in [0.717, 1.165) is 10.9 Å². The third kappa shape index (κ3) is 1.83. The van der Waals surface area contributed by atoms with Gasteiger partial charge in [0.1, 0.15) is 10.3 Å². The summed E-state index contributed by atoms with van der Waals surface area (Å²) in [4.78, 5) is 11.7. The molecule has 0 saturated carbocycles. The molecular formula is C10H6BrFN2O2. The molecule has 2 rings (SSSR count). The Hall–Kier alpha value is -1.69. The minimum atomic E-state index is -0.550. The Morgan fingerprint density at radius 2 is 2.19 bits per heavy atom. The summed E-state index contributed by atoms with van der Waals surface area (Å²) >= 11 is 2.93. The van der Waals surface area contributed by atoms with Gasteiger partial charge >= 0.3 is 0 Å². The van der Waals surface area contributed by atoms with Gasteiger partial charge in [0.25, 0.3) is 5.56 Å². The van der Waals surface area contributed by atoms with Gasteiger partial charge in [0, 0.05) is 0 Å². The van der Waals surface area contributed by atoms with Gasteiger partial charge in [-0.15, -0.1) is 0 Å². The molecule has 1 N–H and O–H groups in total. The van der Waals surface area contributed by atoms with Crippen LogP contribution >= 0.6 is 15.9 Å². The fraction of sp³-hybridized carbons (Fsp3) is 0. The van der Waals surface area contributed by atoms with Crippen molar-refractivity contribution >= 4 is 15.9 Å². The van der Waals surface area contributed by atoms with Gasteiger partial charge in [-0.3, -0.25) is 4.79 Å². The third-order valence-corrected chi connectivity index (χ3v) is 2.70. The minimum Gasteiger partial charge on any atom is -0.505 e. The van der Waals surface area contributed by atoms with Gasteiger partial charge < -0.3 is 5.11 Å². The molecule has 1 heterocycles. The molecule has 82 valence electrons. The zero-order chi connectivity index (χ0) is 11.7. The minimum absolute atomic E-state index is 0.00763. The topological polar surface area (TPSA) is 55.1 Å². The Balaban J connectivity index is 2.66. The highest BCUT2D eigenvalue weighted by Gasteiger charge is 2.09. The smallest absolute Gasteiger partial charge is 0.289 e. The molecule has 0 aliphatic carbocycles. The standard InChI is InChI=1S/C10H6BrFN2O2/c11-9-8(15)5-13-14(10(9)16)7-3-1-2-6(12)4-7/h1-5,15H. The lowest BCUT2D eigenvalue weighted by molar-refractivity contribution is 0.463. The Labute approximate surface area is 98.1 Å². The van der Waals surface area contributed by atoms with Gasteiger partial charge in [0.2, 0.25) is 0 Å². The quantitative estimate of drug-likeness (QED) is 0.869. The van der Waals surface area contributed by atoms with E-state index < -0.39 is 11.4 Å². The summed E-state index contributed by atoms with van der Waals surface area (Å²) in [6.07, 6.45) is 1.11. The van der Waals surface area contributed by atoms with Crippen LogP contribution in [-0.2, 0) is 0 Å². The molecule has 0 atom stereocenters. The average Bonchev–Trinajstić information content (AvgIpc) is 2.26. The van der Waals surface area contributed by atoms with E-state index in [4.69, 9.17) is 0 Å². The van der Waals surface area contributed by atoms with Crippen LogP contribution in [0, 0.1) is 5.82 Å². The lowest BCUT2D eigenvalue weighted by Crippen LogP contribution is -2.21. The van der Waals surface area contributed by atoms with Gasteiger partial charge in [-0.2, -0.15) is 9.78 Å². The predicted octanol–water partition coefficient (Wildman–Crippen LogP) is 1.84. The molecule has 0 aliphatic heterocycles. The first-order chi connectivity index (χ1) is 7.59. The molecule has 0 bridgehead atoms. The number of nitrogens with zero attached hydrogens (tertiary/aromatic N) is 2. The fourth-order valence-corrected chi connectivity index (χ4v) is 1.49. The second-order valence-electron chi connectivity index (χ2n) is 3.04. The second-order valence-corrected chi connectivity index (χ2v) is 3.83. The molecular weight excluding hydrogens is 279 g/mol. The number of halogens is 2. The lowest BCUT2D eigenvalue weighted by atomic mass is 10.3. The van der Waals surface area contributed by atoms with Crippen LogP contribution in [0.5, 0.6) is 5.75 Å². The zero-order valence-corrected chi connectivity index (χ0v) is 9.48. The van der Waals surface area contributed by atoms with E-state index in [1.54, 1.807) is 6.07 Å². The number of benzene rings is 1. The van der Waals surface area contributed by atoms with Crippen molar-refractivity contribution in [3.63, 3.8) is 0 Å². The number of rotatable bonds is 1. The highest BCUT2D eigenvalue weighted by atomic mass is 79.9. The maximum Gasteiger partial charge on any atom is 0.289 e. The van der Waals surface area contributed by atoms with Crippen LogP contribution < -0.4 is 5.56 Å². The highest BCUT2D eigenvalue weighted by Crippen LogP contribution is 2.17. The Morgan fingerprint density at radius 3 is 2.88 bits per heavy atom. The largest absolute Gasteiger partial charge is 0.505 e. The van der Waals surface area contributed by atoms with Gasteiger partial charge in [-0.25, -0.2) is 4.39 Å². The zero-order valence-electron chi connectivity index (χ0n) is 7.89. The summed E-state index contributed by atoms with van der Waals surface area (Å²) < 4.78 is 13.9. The monoisotopic (exact) mass is 284 g/mol. The summed E-state index contributed by atoms with van der Waals surface area (Å²) in [7, 11) is 0. The summed E-state index contributed by atoms with van der Waals surface area (Å²) in [6, 6.07) is 5.46. The van der Waals surface area contributed by atoms with Crippen molar-refractivity contribution in [3.05, 3.63) is 51.1 Å². The lowest BCUT2D eigenvalue weighted by Gasteiger charge is -2.05. The molecule has 16 heavy (non-hydrogen) atoms. The van der Waals surface area contributed by atoms with Crippen molar-refractivity contribution in [2.24, 2.45) is 0 Å². The summed E-state index contributed by atoms with van der Waals surface area (Å²) in [6.45, 7) is 0. The van der Waals surface area contributed by atoms with Gasteiger partial charge in [0.15, 0.2) is 5.75 Å². The van der Waals surface area contributed by atoms with E-state index >= 15 is 0 Å². The Kier molecular flexibility index (Phi) is 2.74. The van der Waals surface area contributed by atoms with Crippen molar-refractivity contribution in [1.29, 1.82) is 0 Å². The first kappa shape index (κ1) is 10.8. The van der Waals surface area contributed by atoms with E-state index in [-0.39, 0.29) is 10.2 Å². The molecule has 0 spiro atoms. The van der Waals surface area contributed by atoms with Crippen LogP contribution in [0.4, 0.5) is 4.39 Å². The molecule has 1 aromatic heterocycles. The molecule has 4 nitrogen and oxygen atoms in total. The highest BCUT2D eigenvalue weighted by molar-refractivity contribution is 9.10. The molecule has 2 aromatic rings.